The van der Waals surface area contributed by atoms with Gasteiger partial charge in [-0.15, -0.1) is 0 Å². The van der Waals surface area contributed by atoms with Gasteiger partial charge in [-0.3, -0.25) is 24.4 Å². The zero-order valence-electron chi connectivity index (χ0n) is 23.2. The molecule has 0 spiro atoms. The molecule has 0 radical (unpaired) electrons. The molecule has 5 N–H and O–H groups in total. The molecule has 42 heavy (non-hydrogen) atoms. The fraction of sp³-hybridized carbons (Fsp3) is 0.258. The average Bonchev–Trinajstić information content (AvgIpc) is 3.01. The standard InChI is InChI=1S/C31H34N4O7/c1-2-3-13-27(36)35(28(37)20-32-29(38)26(30(39)34-42)18-21-9-5-4-6-10-21)33-19-22-14-16-23(17-15-22)24-11-7-8-12-25(24)31(40)41/h4-12,14-17,26,33,42H,2-3,13,18-20H2,1H3,(H,32,38)(H,34,39)(H,40,41). The highest BCUT2D eigenvalue weighted by Gasteiger charge is 2.28. The van der Waals surface area contributed by atoms with E-state index in [1.807, 2.05) is 6.92 Å². The summed E-state index contributed by atoms with van der Waals surface area (Å²) < 4.78 is 0. The van der Waals surface area contributed by atoms with Crippen molar-refractivity contribution in [3.05, 3.63) is 95.6 Å². The van der Waals surface area contributed by atoms with Crippen LogP contribution in [0.25, 0.3) is 11.1 Å². The number of hydrazine groups is 1. The number of benzene rings is 3. The molecule has 3 aromatic carbocycles. The van der Waals surface area contributed by atoms with Gasteiger partial charge in [-0.05, 0) is 41.2 Å². The molecule has 0 fully saturated rings. The van der Waals surface area contributed by atoms with E-state index in [1.54, 1.807) is 72.8 Å². The highest BCUT2D eigenvalue weighted by molar-refractivity contribution is 6.02. The normalized spacial score (nSPS) is 11.3. The zero-order chi connectivity index (χ0) is 30.5. The molecule has 0 saturated carbocycles. The number of hydrogen-bond donors (Lipinski definition) is 5. The van der Waals surface area contributed by atoms with Crippen LogP contribution in [0.2, 0.25) is 0 Å². The first-order chi connectivity index (χ1) is 20.2. The molecule has 3 rings (SSSR count). The van der Waals surface area contributed by atoms with Crippen LogP contribution in [0.15, 0.2) is 78.9 Å². The third-order valence-corrected chi connectivity index (χ3v) is 6.55. The van der Waals surface area contributed by atoms with E-state index in [2.05, 4.69) is 10.7 Å². The number of carbonyl (C=O) groups excluding carboxylic acids is 4. The molecule has 11 heteroatoms. The average molecular weight is 575 g/mol. The first-order valence-corrected chi connectivity index (χ1v) is 13.5. The molecule has 0 aliphatic carbocycles. The molecule has 0 saturated heterocycles. The summed E-state index contributed by atoms with van der Waals surface area (Å²) in [5.74, 6) is -5.24. The third-order valence-electron chi connectivity index (χ3n) is 6.55. The van der Waals surface area contributed by atoms with E-state index >= 15 is 0 Å². The van der Waals surface area contributed by atoms with Crippen LogP contribution in [0, 0.1) is 5.92 Å². The molecule has 0 aliphatic rings. The van der Waals surface area contributed by atoms with E-state index in [9.17, 15) is 29.1 Å². The summed E-state index contributed by atoms with van der Waals surface area (Å²) in [5.41, 5.74) is 7.16. The van der Waals surface area contributed by atoms with Crippen molar-refractivity contribution in [3.63, 3.8) is 0 Å². The number of amides is 4. The summed E-state index contributed by atoms with van der Waals surface area (Å²) in [6, 6.07) is 22.4. The molecule has 0 aliphatic heterocycles. The summed E-state index contributed by atoms with van der Waals surface area (Å²) in [5, 5.41) is 21.9. The lowest BCUT2D eigenvalue weighted by Crippen LogP contribution is -2.52. The van der Waals surface area contributed by atoms with Crippen molar-refractivity contribution in [3.8, 4) is 11.1 Å². The number of aromatic carboxylic acids is 1. The maximum atomic E-state index is 13.1. The lowest BCUT2D eigenvalue weighted by Gasteiger charge is -2.23. The van der Waals surface area contributed by atoms with E-state index in [1.165, 1.54) is 11.5 Å². The van der Waals surface area contributed by atoms with Crippen LogP contribution in [0.1, 0.15) is 47.7 Å². The van der Waals surface area contributed by atoms with E-state index < -0.39 is 42.1 Å². The van der Waals surface area contributed by atoms with Gasteiger partial charge in [-0.1, -0.05) is 86.1 Å². The number of imide groups is 1. The lowest BCUT2D eigenvalue weighted by atomic mass is 9.98. The number of hydroxylamine groups is 1. The van der Waals surface area contributed by atoms with Gasteiger partial charge in [-0.25, -0.2) is 20.7 Å². The number of unbranched alkanes of at least 4 members (excludes halogenated alkanes) is 1. The van der Waals surface area contributed by atoms with Gasteiger partial charge in [-0.2, -0.15) is 0 Å². The van der Waals surface area contributed by atoms with Crippen molar-refractivity contribution >= 4 is 29.6 Å². The fourth-order valence-corrected chi connectivity index (χ4v) is 4.25. The maximum absolute atomic E-state index is 13.1. The zero-order valence-corrected chi connectivity index (χ0v) is 23.2. The van der Waals surface area contributed by atoms with Gasteiger partial charge < -0.3 is 10.4 Å². The number of hydrogen-bond acceptors (Lipinski definition) is 7. The minimum atomic E-state index is -1.30. The van der Waals surface area contributed by atoms with E-state index in [4.69, 9.17) is 5.21 Å². The van der Waals surface area contributed by atoms with Crippen LogP contribution in [0.5, 0.6) is 0 Å². The topological polar surface area (TPSA) is 165 Å². The Balaban J connectivity index is 1.68. The minimum Gasteiger partial charge on any atom is -0.478 e. The number of rotatable bonds is 14. The van der Waals surface area contributed by atoms with Crippen LogP contribution in [0.4, 0.5) is 0 Å². The summed E-state index contributed by atoms with van der Waals surface area (Å²) in [7, 11) is 0. The third kappa shape index (κ3) is 8.82. The lowest BCUT2D eigenvalue weighted by molar-refractivity contribution is -0.150. The number of carbonyl (C=O) groups is 5. The van der Waals surface area contributed by atoms with Gasteiger partial charge >= 0.3 is 5.97 Å². The van der Waals surface area contributed by atoms with Crippen molar-refractivity contribution in [2.45, 2.75) is 39.2 Å². The van der Waals surface area contributed by atoms with Crippen molar-refractivity contribution in [1.82, 2.24) is 21.2 Å². The summed E-state index contributed by atoms with van der Waals surface area (Å²) in [4.78, 5) is 62.5. The smallest absolute Gasteiger partial charge is 0.336 e. The molecule has 11 nitrogen and oxygen atoms in total. The van der Waals surface area contributed by atoms with Crippen molar-refractivity contribution < 1.29 is 34.3 Å². The summed E-state index contributed by atoms with van der Waals surface area (Å²) in [6.45, 7) is 1.46. The van der Waals surface area contributed by atoms with Gasteiger partial charge in [0.2, 0.25) is 11.8 Å². The van der Waals surface area contributed by atoms with Gasteiger partial charge in [0.1, 0.15) is 5.92 Å². The maximum Gasteiger partial charge on any atom is 0.336 e. The molecule has 4 amide bonds. The van der Waals surface area contributed by atoms with Crippen molar-refractivity contribution in [2.75, 3.05) is 6.54 Å². The SMILES string of the molecule is CCCCC(=O)N(NCc1ccc(-c2ccccc2C(=O)O)cc1)C(=O)CNC(=O)C(Cc1ccccc1)C(=O)NO. The predicted molar refractivity (Wildman–Crippen MR) is 154 cm³/mol. The molecule has 1 atom stereocenters. The second-order valence-electron chi connectivity index (χ2n) is 9.55. The van der Waals surface area contributed by atoms with Gasteiger partial charge in [0.05, 0.1) is 12.1 Å². The Morgan fingerprint density at radius 3 is 2.12 bits per heavy atom. The molecule has 1 unspecified atom stereocenters. The number of nitrogens with zero attached hydrogens (tertiary/aromatic N) is 1. The Kier molecular flexibility index (Phi) is 11.9. The Hall–Kier alpha value is -4.87. The van der Waals surface area contributed by atoms with E-state index in [-0.39, 0.29) is 24.9 Å². The second kappa shape index (κ2) is 15.8. The Labute approximate surface area is 243 Å². The number of nitrogens with one attached hydrogen (secondary N) is 3. The number of carboxylic acids is 1. The van der Waals surface area contributed by atoms with Crippen molar-refractivity contribution in [2.24, 2.45) is 5.92 Å². The minimum absolute atomic E-state index is 0.00239. The van der Waals surface area contributed by atoms with Crippen LogP contribution >= 0.6 is 0 Å². The fourth-order valence-electron chi connectivity index (χ4n) is 4.25. The van der Waals surface area contributed by atoms with E-state index in [0.717, 1.165) is 17.0 Å². The van der Waals surface area contributed by atoms with Gasteiger partial charge in [0.15, 0.2) is 0 Å². The molecular weight excluding hydrogens is 540 g/mol. The largest absolute Gasteiger partial charge is 0.478 e. The molecule has 3 aromatic rings. The first kappa shape index (κ1) is 31.7. The highest BCUT2D eigenvalue weighted by atomic mass is 16.5. The summed E-state index contributed by atoms with van der Waals surface area (Å²) >= 11 is 0. The molecule has 0 aromatic heterocycles. The van der Waals surface area contributed by atoms with Crippen LogP contribution in [-0.4, -0.2) is 51.5 Å². The first-order valence-electron chi connectivity index (χ1n) is 13.5. The highest BCUT2D eigenvalue weighted by Crippen LogP contribution is 2.24. The van der Waals surface area contributed by atoms with Crippen molar-refractivity contribution in [1.29, 1.82) is 0 Å². The van der Waals surface area contributed by atoms with E-state index in [0.29, 0.717) is 23.1 Å². The molecule has 220 valence electrons. The quantitative estimate of drug-likeness (QED) is 0.111. The molecule has 0 bridgehead atoms. The summed E-state index contributed by atoms with van der Waals surface area (Å²) in [6.07, 6.45) is 1.40. The second-order valence-corrected chi connectivity index (χ2v) is 9.55. The van der Waals surface area contributed by atoms with Crippen LogP contribution in [-0.2, 0) is 32.1 Å². The Bertz CT molecular complexity index is 1390. The monoisotopic (exact) mass is 574 g/mol. The van der Waals surface area contributed by atoms with Gasteiger partial charge in [0, 0.05) is 13.0 Å². The Morgan fingerprint density at radius 1 is 0.810 bits per heavy atom. The molecule has 0 heterocycles. The van der Waals surface area contributed by atoms with Gasteiger partial charge in [0.25, 0.3) is 11.8 Å². The molecular formula is C31H34N4O7. The Morgan fingerprint density at radius 2 is 1.48 bits per heavy atom. The van der Waals surface area contributed by atoms with Crippen LogP contribution in [0.3, 0.4) is 0 Å². The van der Waals surface area contributed by atoms with Crippen LogP contribution < -0.4 is 16.2 Å². The number of carboxylic acid groups (broad SMARTS) is 1. The predicted octanol–water partition coefficient (Wildman–Crippen LogP) is 3.08.